The predicted octanol–water partition coefficient (Wildman–Crippen LogP) is 2.09. The van der Waals surface area contributed by atoms with Crippen molar-refractivity contribution in [2.45, 2.75) is 59.4 Å². The number of rotatable bonds is 7. The first-order valence-corrected chi connectivity index (χ1v) is 7.40. The fourth-order valence-electron chi connectivity index (χ4n) is 1.62. The van der Waals surface area contributed by atoms with E-state index in [4.69, 9.17) is 4.52 Å². The number of aromatic nitrogens is 2. The van der Waals surface area contributed by atoms with Gasteiger partial charge in [-0.15, -0.1) is 0 Å². The quantitative estimate of drug-likeness (QED) is 0.455. The Bertz CT molecular complexity index is 411. The molecule has 0 spiro atoms. The van der Waals surface area contributed by atoms with Crippen molar-refractivity contribution in [3.63, 3.8) is 0 Å². The number of aliphatic imine (C=N–C) groups is 1. The molecule has 0 fully saturated rings. The fraction of sp³-hybridized carbons (Fsp3) is 0.786. The molecular weight excluding hydrogens is 254 g/mol. The molecule has 0 unspecified atom stereocenters. The maximum absolute atomic E-state index is 5.20. The van der Waals surface area contributed by atoms with E-state index in [1.54, 1.807) is 0 Å². The zero-order valence-corrected chi connectivity index (χ0v) is 13.2. The third kappa shape index (κ3) is 6.04. The molecular formula is C14H27N5O. The van der Waals surface area contributed by atoms with Gasteiger partial charge in [-0.05, 0) is 27.2 Å². The van der Waals surface area contributed by atoms with E-state index in [0.29, 0.717) is 17.9 Å². The average molecular weight is 281 g/mol. The molecule has 0 aliphatic heterocycles. The van der Waals surface area contributed by atoms with Crippen LogP contribution in [0, 0.1) is 0 Å². The average Bonchev–Trinajstić information content (AvgIpc) is 2.83. The molecule has 1 rings (SSSR count). The highest BCUT2D eigenvalue weighted by Crippen LogP contribution is 2.10. The van der Waals surface area contributed by atoms with Gasteiger partial charge in [-0.2, -0.15) is 4.98 Å². The Morgan fingerprint density at radius 3 is 2.60 bits per heavy atom. The van der Waals surface area contributed by atoms with Gasteiger partial charge in [0.25, 0.3) is 0 Å². The van der Waals surface area contributed by atoms with E-state index in [1.165, 1.54) is 0 Å². The molecule has 0 amide bonds. The van der Waals surface area contributed by atoms with Gasteiger partial charge < -0.3 is 15.2 Å². The van der Waals surface area contributed by atoms with E-state index in [2.05, 4.69) is 60.4 Å². The van der Waals surface area contributed by atoms with Crippen molar-refractivity contribution >= 4 is 5.96 Å². The van der Waals surface area contributed by atoms with Crippen LogP contribution in [0.2, 0.25) is 0 Å². The van der Waals surface area contributed by atoms with Gasteiger partial charge in [0.05, 0.1) is 0 Å². The smallest absolute Gasteiger partial charge is 0.226 e. The van der Waals surface area contributed by atoms with Gasteiger partial charge in [0.15, 0.2) is 11.8 Å². The molecule has 1 aromatic rings. The van der Waals surface area contributed by atoms with Gasteiger partial charge in [0.2, 0.25) is 5.89 Å². The van der Waals surface area contributed by atoms with Crippen LogP contribution < -0.4 is 10.6 Å². The second-order valence-corrected chi connectivity index (χ2v) is 5.36. The molecule has 0 aromatic carbocycles. The Balaban J connectivity index is 2.37. The Hall–Kier alpha value is -1.59. The van der Waals surface area contributed by atoms with Crippen LogP contribution in [0.15, 0.2) is 9.52 Å². The highest BCUT2D eigenvalue weighted by atomic mass is 16.5. The van der Waals surface area contributed by atoms with Crippen LogP contribution in [-0.4, -0.2) is 35.2 Å². The number of hydrogen-bond acceptors (Lipinski definition) is 4. The van der Waals surface area contributed by atoms with Crippen LogP contribution >= 0.6 is 0 Å². The maximum Gasteiger partial charge on any atom is 0.226 e. The summed E-state index contributed by atoms with van der Waals surface area (Å²) < 4.78 is 5.20. The highest BCUT2D eigenvalue weighted by molar-refractivity contribution is 5.79. The van der Waals surface area contributed by atoms with Crippen molar-refractivity contribution in [3.8, 4) is 0 Å². The first kappa shape index (κ1) is 16.5. The Kier molecular flexibility index (Phi) is 7.04. The van der Waals surface area contributed by atoms with Crippen molar-refractivity contribution in [2.75, 3.05) is 13.1 Å². The second-order valence-electron chi connectivity index (χ2n) is 5.36. The maximum atomic E-state index is 5.20. The first-order chi connectivity index (χ1) is 9.52. The molecule has 6 heteroatoms. The lowest BCUT2D eigenvalue weighted by atomic mass is 10.2. The summed E-state index contributed by atoms with van der Waals surface area (Å²) in [5.74, 6) is 2.64. The Morgan fingerprint density at radius 2 is 2.05 bits per heavy atom. The molecule has 0 radical (unpaired) electrons. The third-order valence-electron chi connectivity index (χ3n) is 2.59. The minimum atomic E-state index is 0.307. The summed E-state index contributed by atoms with van der Waals surface area (Å²) >= 11 is 0. The lowest BCUT2D eigenvalue weighted by Gasteiger charge is -2.13. The van der Waals surface area contributed by atoms with Crippen molar-refractivity contribution < 1.29 is 4.52 Å². The molecule has 20 heavy (non-hydrogen) atoms. The van der Waals surface area contributed by atoms with E-state index in [0.717, 1.165) is 37.7 Å². The molecule has 0 atom stereocenters. The summed E-state index contributed by atoms with van der Waals surface area (Å²) in [4.78, 5) is 8.87. The van der Waals surface area contributed by atoms with Crippen molar-refractivity contribution in [1.82, 2.24) is 20.8 Å². The molecule has 0 aliphatic rings. The summed E-state index contributed by atoms with van der Waals surface area (Å²) in [7, 11) is 0. The van der Waals surface area contributed by atoms with Gasteiger partial charge in [0.1, 0.15) is 0 Å². The standard InChI is InChI=1S/C14H27N5O/c1-6-15-14(17-11(4)5)16-9-7-8-12-18-13(10(2)3)19-20-12/h10-11H,6-9H2,1-5H3,(H2,15,16,17). The van der Waals surface area contributed by atoms with Crippen molar-refractivity contribution in [2.24, 2.45) is 4.99 Å². The van der Waals surface area contributed by atoms with Gasteiger partial charge in [-0.3, -0.25) is 4.99 Å². The normalized spacial score (nSPS) is 12.2. The zero-order valence-electron chi connectivity index (χ0n) is 13.2. The lowest BCUT2D eigenvalue weighted by molar-refractivity contribution is 0.369. The fourth-order valence-corrected chi connectivity index (χ4v) is 1.62. The summed E-state index contributed by atoms with van der Waals surface area (Å²) in [6, 6.07) is 0.373. The van der Waals surface area contributed by atoms with E-state index in [1.807, 2.05) is 0 Å². The topological polar surface area (TPSA) is 75.3 Å². The van der Waals surface area contributed by atoms with Crippen LogP contribution in [0.4, 0.5) is 0 Å². The monoisotopic (exact) mass is 281 g/mol. The summed E-state index contributed by atoms with van der Waals surface area (Å²) in [5, 5.41) is 10.5. The Labute approximate surface area is 121 Å². The van der Waals surface area contributed by atoms with Crippen LogP contribution in [-0.2, 0) is 6.42 Å². The summed E-state index contributed by atoms with van der Waals surface area (Å²) in [6.07, 6.45) is 1.67. The molecule has 0 bridgehead atoms. The van der Waals surface area contributed by atoms with E-state index in [-0.39, 0.29) is 0 Å². The van der Waals surface area contributed by atoms with Crippen molar-refractivity contribution in [1.29, 1.82) is 0 Å². The van der Waals surface area contributed by atoms with Crippen LogP contribution in [0.3, 0.4) is 0 Å². The largest absolute Gasteiger partial charge is 0.357 e. The van der Waals surface area contributed by atoms with Crippen LogP contribution in [0.5, 0.6) is 0 Å². The number of hydrogen-bond donors (Lipinski definition) is 2. The van der Waals surface area contributed by atoms with E-state index >= 15 is 0 Å². The molecule has 114 valence electrons. The number of guanidine groups is 1. The van der Waals surface area contributed by atoms with E-state index < -0.39 is 0 Å². The van der Waals surface area contributed by atoms with Gasteiger partial charge in [-0.25, -0.2) is 0 Å². The minimum absolute atomic E-state index is 0.307. The van der Waals surface area contributed by atoms with Crippen LogP contribution in [0.25, 0.3) is 0 Å². The van der Waals surface area contributed by atoms with Gasteiger partial charge >= 0.3 is 0 Å². The number of aryl methyl sites for hydroxylation is 1. The number of nitrogens with one attached hydrogen (secondary N) is 2. The second kappa shape index (κ2) is 8.55. The van der Waals surface area contributed by atoms with Gasteiger partial charge in [0, 0.05) is 31.5 Å². The zero-order chi connectivity index (χ0) is 15.0. The molecule has 0 aliphatic carbocycles. The van der Waals surface area contributed by atoms with Crippen molar-refractivity contribution in [3.05, 3.63) is 11.7 Å². The molecule has 1 aromatic heterocycles. The number of nitrogens with zero attached hydrogens (tertiary/aromatic N) is 3. The minimum Gasteiger partial charge on any atom is -0.357 e. The first-order valence-electron chi connectivity index (χ1n) is 7.40. The lowest BCUT2D eigenvalue weighted by Crippen LogP contribution is -2.41. The SMILES string of the molecule is CCNC(=NCCCc1nc(C(C)C)no1)NC(C)C. The van der Waals surface area contributed by atoms with Crippen LogP contribution in [0.1, 0.15) is 58.7 Å². The molecule has 0 saturated heterocycles. The van der Waals surface area contributed by atoms with Gasteiger partial charge in [-0.1, -0.05) is 19.0 Å². The third-order valence-corrected chi connectivity index (χ3v) is 2.59. The molecule has 2 N–H and O–H groups in total. The Morgan fingerprint density at radius 1 is 1.30 bits per heavy atom. The predicted molar refractivity (Wildman–Crippen MR) is 81.0 cm³/mol. The molecule has 1 heterocycles. The molecule has 0 saturated carbocycles. The summed E-state index contributed by atoms with van der Waals surface area (Å²) in [6.45, 7) is 12.0. The highest BCUT2D eigenvalue weighted by Gasteiger charge is 2.09. The molecule has 6 nitrogen and oxygen atoms in total. The van der Waals surface area contributed by atoms with E-state index in [9.17, 15) is 0 Å². The summed E-state index contributed by atoms with van der Waals surface area (Å²) in [5.41, 5.74) is 0.